The summed E-state index contributed by atoms with van der Waals surface area (Å²) in [6.45, 7) is 1.92. The van der Waals surface area contributed by atoms with Crippen LogP contribution in [0.4, 0.5) is 5.69 Å². The van der Waals surface area contributed by atoms with Crippen molar-refractivity contribution in [1.82, 2.24) is 9.88 Å². The molecule has 0 radical (unpaired) electrons. The number of hydrogen-bond acceptors (Lipinski definition) is 4. The van der Waals surface area contributed by atoms with Crippen molar-refractivity contribution >= 4 is 17.0 Å². The van der Waals surface area contributed by atoms with Crippen molar-refractivity contribution in [3.05, 3.63) is 46.4 Å². The summed E-state index contributed by atoms with van der Waals surface area (Å²) in [6, 6.07) is 8.91. The topological polar surface area (TPSA) is 42.1 Å². The molecule has 1 aliphatic rings. The Kier molecular flexibility index (Phi) is 3.30. The highest BCUT2D eigenvalue weighted by molar-refractivity contribution is 7.09. The summed E-state index contributed by atoms with van der Waals surface area (Å²) in [7, 11) is 0. The molecule has 4 heteroatoms. The van der Waals surface area contributed by atoms with Crippen LogP contribution in [-0.2, 0) is 13.1 Å². The van der Waals surface area contributed by atoms with Crippen LogP contribution in [-0.4, -0.2) is 15.9 Å². The van der Waals surface area contributed by atoms with Gasteiger partial charge in [0.2, 0.25) is 0 Å². The summed E-state index contributed by atoms with van der Waals surface area (Å²) in [4.78, 5) is 6.89. The third kappa shape index (κ3) is 2.89. The standard InChI is InChI=1S/C14H17N3S/c15-12-3-1-2-11(8-12)9-17(13-4-5-13)10-14-16-6-7-18-14/h1-3,6-8,13H,4-5,9-10,15H2. The summed E-state index contributed by atoms with van der Waals surface area (Å²) in [5.41, 5.74) is 7.97. The lowest BCUT2D eigenvalue weighted by atomic mass is 10.2. The molecule has 2 N–H and O–H groups in total. The second-order valence-corrected chi connectivity index (χ2v) is 5.79. The molecule has 18 heavy (non-hydrogen) atoms. The van der Waals surface area contributed by atoms with Gasteiger partial charge in [-0.25, -0.2) is 4.98 Å². The molecule has 1 heterocycles. The lowest BCUT2D eigenvalue weighted by molar-refractivity contribution is 0.245. The second-order valence-electron chi connectivity index (χ2n) is 4.81. The number of nitrogens with two attached hydrogens (primary N) is 1. The molecule has 1 aromatic carbocycles. The van der Waals surface area contributed by atoms with E-state index in [1.54, 1.807) is 11.3 Å². The largest absolute Gasteiger partial charge is 0.399 e. The zero-order valence-corrected chi connectivity index (χ0v) is 11.1. The van der Waals surface area contributed by atoms with Gasteiger partial charge in [0, 0.05) is 29.9 Å². The van der Waals surface area contributed by atoms with Gasteiger partial charge in [0.25, 0.3) is 0 Å². The van der Waals surface area contributed by atoms with Gasteiger partial charge in [-0.2, -0.15) is 0 Å². The van der Waals surface area contributed by atoms with Gasteiger partial charge in [0.15, 0.2) is 0 Å². The van der Waals surface area contributed by atoms with Crippen molar-refractivity contribution in [3.63, 3.8) is 0 Å². The smallest absolute Gasteiger partial charge is 0.107 e. The van der Waals surface area contributed by atoms with Gasteiger partial charge in [-0.05, 0) is 30.5 Å². The monoisotopic (exact) mass is 259 g/mol. The maximum absolute atomic E-state index is 5.83. The van der Waals surface area contributed by atoms with Crippen LogP contribution >= 0.6 is 11.3 Å². The van der Waals surface area contributed by atoms with Gasteiger partial charge in [0.05, 0.1) is 6.54 Å². The molecule has 0 aliphatic heterocycles. The molecule has 1 fully saturated rings. The maximum atomic E-state index is 5.83. The van der Waals surface area contributed by atoms with Crippen molar-refractivity contribution in [2.24, 2.45) is 0 Å². The van der Waals surface area contributed by atoms with Crippen molar-refractivity contribution < 1.29 is 0 Å². The van der Waals surface area contributed by atoms with E-state index >= 15 is 0 Å². The Morgan fingerprint density at radius 2 is 2.22 bits per heavy atom. The van der Waals surface area contributed by atoms with E-state index in [-0.39, 0.29) is 0 Å². The molecule has 0 unspecified atom stereocenters. The number of nitrogen functional groups attached to an aromatic ring is 1. The highest BCUT2D eigenvalue weighted by Gasteiger charge is 2.29. The zero-order valence-electron chi connectivity index (χ0n) is 10.2. The summed E-state index contributed by atoms with van der Waals surface area (Å²) in [6.07, 6.45) is 4.51. The van der Waals surface area contributed by atoms with Crippen molar-refractivity contribution in [2.45, 2.75) is 32.0 Å². The molecule has 1 aromatic heterocycles. The number of rotatable bonds is 5. The summed E-state index contributed by atoms with van der Waals surface area (Å²) in [5, 5.41) is 3.24. The number of anilines is 1. The van der Waals surface area contributed by atoms with Crippen LogP contribution in [0.15, 0.2) is 35.8 Å². The molecule has 2 aromatic rings. The Balaban J connectivity index is 1.70. The Morgan fingerprint density at radius 3 is 2.89 bits per heavy atom. The molecule has 1 saturated carbocycles. The number of benzene rings is 1. The van der Waals surface area contributed by atoms with E-state index in [2.05, 4.69) is 22.0 Å². The van der Waals surface area contributed by atoms with E-state index in [9.17, 15) is 0 Å². The number of hydrogen-bond donors (Lipinski definition) is 1. The normalized spacial score (nSPS) is 15.2. The van der Waals surface area contributed by atoms with Gasteiger partial charge >= 0.3 is 0 Å². The highest BCUT2D eigenvalue weighted by Crippen LogP contribution is 2.30. The number of thiazole rings is 1. The molecule has 94 valence electrons. The zero-order chi connectivity index (χ0) is 12.4. The molecule has 0 bridgehead atoms. The van der Waals surface area contributed by atoms with Crippen molar-refractivity contribution in [2.75, 3.05) is 5.73 Å². The van der Waals surface area contributed by atoms with E-state index in [4.69, 9.17) is 5.73 Å². The van der Waals surface area contributed by atoms with Gasteiger partial charge < -0.3 is 5.73 Å². The molecule has 0 amide bonds. The fraction of sp³-hybridized carbons (Fsp3) is 0.357. The molecule has 3 nitrogen and oxygen atoms in total. The Morgan fingerprint density at radius 1 is 1.33 bits per heavy atom. The molecule has 0 saturated heterocycles. The van der Waals surface area contributed by atoms with Crippen LogP contribution in [0.2, 0.25) is 0 Å². The minimum absolute atomic E-state index is 0.732. The van der Waals surface area contributed by atoms with Gasteiger partial charge in [-0.3, -0.25) is 4.90 Å². The van der Waals surface area contributed by atoms with Gasteiger partial charge in [0.1, 0.15) is 5.01 Å². The van der Waals surface area contributed by atoms with Crippen LogP contribution in [0.5, 0.6) is 0 Å². The quantitative estimate of drug-likeness (QED) is 0.840. The first-order valence-corrected chi connectivity index (χ1v) is 7.16. The SMILES string of the molecule is Nc1cccc(CN(Cc2nccs2)C2CC2)c1. The maximum Gasteiger partial charge on any atom is 0.107 e. The van der Waals surface area contributed by atoms with Crippen LogP contribution in [0.25, 0.3) is 0 Å². The first-order valence-electron chi connectivity index (χ1n) is 6.28. The Labute approximate surface area is 111 Å². The van der Waals surface area contributed by atoms with Crippen LogP contribution in [0.3, 0.4) is 0 Å². The lowest BCUT2D eigenvalue weighted by Gasteiger charge is -2.21. The third-order valence-corrected chi connectivity index (χ3v) is 3.99. The molecule has 3 rings (SSSR count). The van der Waals surface area contributed by atoms with E-state index in [0.29, 0.717) is 0 Å². The average Bonchev–Trinajstić information content (AvgIpc) is 3.08. The minimum atomic E-state index is 0.732. The van der Waals surface area contributed by atoms with E-state index < -0.39 is 0 Å². The fourth-order valence-corrected chi connectivity index (χ4v) is 2.83. The van der Waals surface area contributed by atoms with Crippen LogP contribution in [0.1, 0.15) is 23.4 Å². The first-order chi connectivity index (χ1) is 8.81. The van der Waals surface area contributed by atoms with E-state index in [0.717, 1.165) is 24.8 Å². The lowest BCUT2D eigenvalue weighted by Crippen LogP contribution is -2.25. The van der Waals surface area contributed by atoms with Crippen molar-refractivity contribution in [1.29, 1.82) is 0 Å². The van der Waals surface area contributed by atoms with Crippen LogP contribution < -0.4 is 5.73 Å². The first kappa shape index (κ1) is 11.7. The predicted octanol–water partition coefficient (Wildman–Crippen LogP) is 2.89. The molecular weight excluding hydrogens is 242 g/mol. The Hall–Kier alpha value is -1.39. The Bertz CT molecular complexity index is 506. The highest BCUT2D eigenvalue weighted by atomic mass is 32.1. The molecular formula is C14H17N3S. The summed E-state index contributed by atoms with van der Waals surface area (Å²) < 4.78 is 0. The van der Waals surface area contributed by atoms with Crippen LogP contribution in [0, 0.1) is 0 Å². The van der Waals surface area contributed by atoms with E-state index in [1.165, 1.54) is 23.4 Å². The fourth-order valence-electron chi connectivity index (χ4n) is 2.18. The second kappa shape index (κ2) is 5.08. The summed E-state index contributed by atoms with van der Waals surface area (Å²) in [5.74, 6) is 0. The summed E-state index contributed by atoms with van der Waals surface area (Å²) >= 11 is 1.73. The van der Waals surface area contributed by atoms with Gasteiger partial charge in [-0.1, -0.05) is 12.1 Å². The predicted molar refractivity (Wildman–Crippen MR) is 75.2 cm³/mol. The number of nitrogens with zero attached hydrogens (tertiary/aromatic N) is 2. The third-order valence-electron chi connectivity index (χ3n) is 3.22. The van der Waals surface area contributed by atoms with E-state index in [1.807, 2.05) is 23.7 Å². The molecule has 0 atom stereocenters. The number of aromatic nitrogens is 1. The molecule has 0 spiro atoms. The van der Waals surface area contributed by atoms with Crippen molar-refractivity contribution in [3.8, 4) is 0 Å². The average molecular weight is 259 g/mol. The minimum Gasteiger partial charge on any atom is -0.399 e. The molecule has 1 aliphatic carbocycles. The van der Waals surface area contributed by atoms with Gasteiger partial charge in [-0.15, -0.1) is 11.3 Å².